The fraction of sp³-hybridized carbons (Fsp3) is 0.917. The summed E-state index contributed by atoms with van der Waals surface area (Å²) in [5.41, 5.74) is 5.25. The first kappa shape index (κ1) is 13.5. The van der Waals surface area contributed by atoms with Crippen LogP contribution in [-0.4, -0.2) is 42.1 Å². The quantitative estimate of drug-likeness (QED) is 0.785. The van der Waals surface area contributed by atoms with Crippen LogP contribution in [0.4, 0.5) is 0 Å². The third-order valence-electron chi connectivity index (χ3n) is 3.35. The van der Waals surface area contributed by atoms with E-state index in [0.717, 1.165) is 32.5 Å². The average Bonchev–Trinajstić information content (AvgIpc) is 2.29. The molecule has 0 aliphatic carbocycles. The molecule has 4 nitrogen and oxygen atoms in total. The Morgan fingerprint density at radius 1 is 1.44 bits per heavy atom. The highest BCUT2D eigenvalue weighted by Crippen LogP contribution is 2.17. The number of nitrogens with two attached hydrogens (primary N) is 1. The third-order valence-corrected chi connectivity index (χ3v) is 3.35. The number of hydrogen-bond acceptors (Lipinski definition) is 3. The minimum Gasteiger partial charge on any atom is -0.378 e. The molecule has 1 fully saturated rings. The lowest BCUT2D eigenvalue weighted by atomic mass is 9.96. The fourth-order valence-electron chi connectivity index (χ4n) is 1.97. The Hall–Kier alpha value is -0.610. The molecule has 1 amide bonds. The standard InChI is InChI=1S/C12H24N2O2/c1-4-12(3,13)11(15)14-8-6-10(7-9-14)16-5-2/h10H,4-9,13H2,1-3H3. The maximum absolute atomic E-state index is 12.1. The molecule has 0 bridgehead atoms. The molecule has 0 aromatic heterocycles. The van der Waals surface area contributed by atoms with Gasteiger partial charge in [-0.3, -0.25) is 4.79 Å². The minimum atomic E-state index is -0.710. The molecular weight excluding hydrogens is 204 g/mol. The van der Waals surface area contributed by atoms with E-state index in [1.165, 1.54) is 0 Å². The molecule has 0 aromatic rings. The number of rotatable bonds is 4. The number of likely N-dealkylation sites (tertiary alicyclic amines) is 1. The molecule has 0 spiro atoms. The maximum atomic E-state index is 12.1. The van der Waals surface area contributed by atoms with Gasteiger partial charge in [-0.1, -0.05) is 6.92 Å². The zero-order valence-corrected chi connectivity index (χ0v) is 10.7. The van der Waals surface area contributed by atoms with E-state index in [1.54, 1.807) is 0 Å². The van der Waals surface area contributed by atoms with E-state index < -0.39 is 5.54 Å². The van der Waals surface area contributed by atoms with Gasteiger partial charge in [-0.15, -0.1) is 0 Å². The molecule has 0 aromatic carbocycles. The molecule has 4 heteroatoms. The SMILES string of the molecule is CCOC1CCN(C(=O)C(C)(N)CC)CC1. The molecule has 0 radical (unpaired) electrons. The summed E-state index contributed by atoms with van der Waals surface area (Å²) in [5.74, 6) is 0.0740. The molecule has 1 heterocycles. The van der Waals surface area contributed by atoms with E-state index in [9.17, 15) is 4.79 Å². The summed E-state index contributed by atoms with van der Waals surface area (Å²) in [4.78, 5) is 13.9. The lowest BCUT2D eigenvalue weighted by Crippen LogP contribution is -2.55. The van der Waals surface area contributed by atoms with Crippen LogP contribution in [0.5, 0.6) is 0 Å². The van der Waals surface area contributed by atoms with Crippen LogP contribution in [0, 0.1) is 0 Å². The highest BCUT2D eigenvalue weighted by Gasteiger charge is 2.33. The molecular formula is C12H24N2O2. The van der Waals surface area contributed by atoms with Crippen molar-refractivity contribution in [2.75, 3.05) is 19.7 Å². The lowest BCUT2D eigenvalue weighted by molar-refractivity contribution is -0.139. The summed E-state index contributed by atoms with van der Waals surface area (Å²) in [5, 5.41) is 0. The van der Waals surface area contributed by atoms with E-state index in [-0.39, 0.29) is 5.91 Å². The van der Waals surface area contributed by atoms with Crippen LogP contribution >= 0.6 is 0 Å². The van der Waals surface area contributed by atoms with Crippen LogP contribution in [0.2, 0.25) is 0 Å². The first-order chi connectivity index (χ1) is 7.51. The second-order valence-electron chi connectivity index (χ2n) is 4.72. The number of nitrogens with zero attached hydrogens (tertiary/aromatic N) is 1. The Labute approximate surface area is 98.1 Å². The van der Waals surface area contributed by atoms with E-state index >= 15 is 0 Å². The van der Waals surface area contributed by atoms with Crippen molar-refractivity contribution in [1.82, 2.24) is 4.90 Å². The van der Waals surface area contributed by atoms with Gasteiger partial charge in [-0.2, -0.15) is 0 Å². The lowest BCUT2D eigenvalue weighted by Gasteiger charge is -2.36. The van der Waals surface area contributed by atoms with Crippen LogP contribution in [0.1, 0.15) is 40.0 Å². The Kier molecular flexibility index (Phi) is 4.74. The predicted octanol–water partition coefficient (Wildman–Crippen LogP) is 1.14. The monoisotopic (exact) mass is 228 g/mol. The van der Waals surface area contributed by atoms with Gasteiger partial charge in [0.25, 0.3) is 0 Å². The molecule has 94 valence electrons. The van der Waals surface area contributed by atoms with Gasteiger partial charge in [0.05, 0.1) is 11.6 Å². The van der Waals surface area contributed by atoms with Gasteiger partial charge < -0.3 is 15.4 Å². The van der Waals surface area contributed by atoms with Crippen LogP contribution in [0.15, 0.2) is 0 Å². The second kappa shape index (κ2) is 5.64. The smallest absolute Gasteiger partial charge is 0.242 e. The summed E-state index contributed by atoms with van der Waals surface area (Å²) in [6.45, 7) is 8.06. The molecule has 2 N–H and O–H groups in total. The van der Waals surface area contributed by atoms with Crippen molar-refractivity contribution in [3.8, 4) is 0 Å². The number of carbonyl (C=O) groups is 1. The summed E-state index contributed by atoms with van der Waals surface area (Å²) >= 11 is 0. The van der Waals surface area contributed by atoms with Gasteiger partial charge in [0.15, 0.2) is 0 Å². The van der Waals surface area contributed by atoms with E-state index in [2.05, 4.69) is 0 Å². The van der Waals surface area contributed by atoms with Gasteiger partial charge in [0, 0.05) is 19.7 Å². The normalized spacial score (nSPS) is 21.9. The Morgan fingerprint density at radius 3 is 2.44 bits per heavy atom. The summed E-state index contributed by atoms with van der Waals surface area (Å²) in [6, 6.07) is 0. The Morgan fingerprint density at radius 2 is 2.00 bits per heavy atom. The van der Waals surface area contributed by atoms with Crippen LogP contribution in [0.3, 0.4) is 0 Å². The largest absolute Gasteiger partial charge is 0.378 e. The Bertz CT molecular complexity index is 233. The van der Waals surface area contributed by atoms with Gasteiger partial charge in [-0.05, 0) is 33.1 Å². The highest BCUT2D eigenvalue weighted by atomic mass is 16.5. The zero-order chi connectivity index (χ0) is 12.2. The number of carbonyl (C=O) groups excluding carboxylic acids is 1. The zero-order valence-electron chi connectivity index (χ0n) is 10.7. The van der Waals surface area contributed by atoms with Gasteiger partial charge >= 0.3 is 0 Å². The highest BCUT2D eigenvalue weighted by molar-refractivity contribution is 5.85. The van der Waals surface area contributed by atoms with Crippen molar-refractivity contribution in [3.63, 3.8) is 0 Å². The van der Waals surface area contributed by atoms with E-state index in [0.29, 0.717) is 12.5 Å². The van der Waals surface area contributed by atoms with E-state index in [1.807, 2.05) is 25.7 Å². The molecule has 1 saturated heterocycles. The topological polar surface area (TPSA) is 55.6 Å². The van der Waals surface area contributed by atoms with Gasteiger partial charge in [0.1, 0.15) is 0 Å². The van der Waals surface area contributed by atoms with Crippen molar-refractivity contribution in [2.45, 2.75) is 51.7 Å². The van der Waals surface area contributed by atoms with Crippen molar-refractivity contribution in [2.24, 2.45) is 5.73 Å². The average molecular weight is 228 g/mol. The summed E-state index contributed by atoms with van der Waals surface area (Å²) in [7, 11) is 0. The molecule has 16 heavy (non-hydrogen) atoms. The molecule has 1 rings (SSSR count). The number of hydrogen-bond donors (Lipinski definition) is 1. The first-order valence-corrected chi connectivity index (χ1v) is 6.21. The second-order valence-corrected chi connectivity index (χ2v) is 4.72. The fourth-order valence-corrected chi connectivity index (χ4v) is 1.97. The molecule has 1 aliphatic rings. The molecule has 1 aliphatic heterocycles. The van der Waals surface area contributed by atoms with Crippen molar-refractivity contribution in [1.29, 1.82) is 0 Å². The van der Waals surface area contributed by atoms with Crippen molar-refractivity contribution < 1.29 is 9.53 Å². The molecule has 0 saturated carbocycles. The summed E-state index contributed by atoms with van der Waals surface area (Å²) in [6.07, 6.45) is 2.86. The number of piperidine rings is 1. The van der Waals surface area contributed by atoms with Crippen molar-refractivity contribution in [3.05, 3.63) is 0 Å². The van der Waals surface area contributed by atoms with Crippen LogP contribution in [0.25, 0.3) is 0 Å². The summed E-state index contributed by atoms with van der Waals surface area (Å²) < 4.78 is 5.55. The minimum absolute atomic E-state index is 0.0740. The Balaban J connectivity index is 2.45. The van der Waals surface area contributed by atoms with Crippen molar-refractivity contribution >= 4 is 5.91 Å². The van der Waals surface area contributed by atoms with Crippen LogP contribution < -0.4 is 5.73 Å². The molecule has 1 unspecified atom stereocenters. The number of amides is 1. The number of ether oxygens (including phenoxy) is 1. The van der Waals surface area contributed by atoms with Gasteiger partial charge in [0.2, 0.25) is 5.91 Å². The van der Waals surface area contributed by atoms with Crippen LogP contribution in [-0.2, 0) is 9.53 Å². The predicted molar refractivity (Wildman–Crippen MR) is 64.1 cm³/mol. The van der Waals surface area contributed by atoms with E-state index in [4.69, 9.17) is 10.5 Å². The first-order valence-electron chi connectivity index (χ1n) is 6.21. The molecule has 1 atom stereocenters. The maximum Gasteiger partial charge on any atom is 0.242 e. The third kappa shape index (κ3) is 3.19. The van der Waals surface area contributed by atoms with Gasteiger partial charge in [-0.25, -0.2) is 0 Å².